The van der Waals surface area contributed by atoms with Crippen LogP contribution in [0.4, 0.5) is 0 Å². The van der Waals surface area contributed by atoms with E-state index in [1.165, 1.54) is 11.1 Å². The molecule has 0 saturated carbocycles. The summed E-state index contributed by atoms with van der Waals surface area (Å²) in [5.74, 6) is 1.05. The maximum absolute atomic E-state index is 13.2. The molecule has 0 heterocycles. The maximum Gasteiger partial charge on any atom is 0.243 e. The zero-order valence-corrected chi connectivity index (χ0v) is 19.6. The molecule has 0 fully saturated rings. The lowest BCUT2D eigenvalue weighted by atomic mass is 10.1. The highest BCUT2D eigenvalue weighted by Crippen LogP contribution is 2.20. The van der Waals surface area contributed by atoms with E-state index in [4.69, 9.17) is 0 Å². The molecule has 2 rings (SSSR count). The molecule has 2 aromatic rings. The van der Waals surface area contributed by atoms with Crippen molar-refractivity contribution in [2.75, 3.05) is 5.75 Å². The largest absolute Gasteiger partial charge is 0.352 e. The molecule has 1 N–H and O–H groups in total. The van der Waals surface area contributed by atoms with E-state index in [0.29, 0.717) is 18.7 Å². The number of benzene rings is 2. The summed E-state index contributed by atoms with van der Waals surface area (Å²) in [6.45, 7) is 10.4. The third-order valence-corrected chi connectivity index (χ3v) is 6.13. The van der Waals surface area contributed by atoms with E-state index in [2.05, 4.69) is 24.4 Å². The van der Waals surface area contributed by atoms with Gasteiger partial charge in [-0.3, -0.25) is 9.59 Å². The number of aryl methyl sites for hydroxylation is 2. The van der Waals surface area contributed by atoms with Gasteiger partial charge in [-0.2, -0.15) is 0 Å². The van der Waals surface area contributed by atoms with Crippen molar-refractivity contribution in [1.82, 2.24) is 10.2 Å². The Morgan fingerprint density at radius 1 is 0.967 bits per heavy atom. The third-order valence-electron chi connectivity index (χ3n) is 5.16. The highest BCUT2D eigenvalue weighted by molar-refractivity contribution is 7.99. The summed E-state index contributed by atoms with van der Waals surface area (Å²) in [5, 5.41) is 2.98. The van der Waals surface area contributed by atoms with Gasteiger partial charge in [-0.05, 0) is 56.4 Å². The number of thioether (sulfide) groups is 1. The van der Waals surface area contributed by atoms with Crippen molar-refractivity contribution in [3.8, 4) is 0 Å². The minimum atomic E-state index is -0.474. The Hall–Kier alpha value is -2.27. The third kappa shape index (κ3) is 6.91. The molecule has 162 valence electrons. The van der Waals surface area contributed by atoms with Gasteiger partial charge in [0, 0.05) is 18.3 Å². The molecule has 0 aromatic heterocycles. The van der Waals surface area contributed by atoms with E-state index in [9.17, 15) is 9.59 Å². The topological polar surface area (TPSA) is 49.4 Å². The molecule has 0 bridgehead atoms. The van der Waals surface area contributed by atoms with Crippen LogP contribution in [0.5, 0.6) is 0 Å². The van der Waals surface area contributed by atoms with E-state index in [-0.39, 0.29) is 17.9 Å². The molecule has 0 aliphatic rings. The van der Waals surface area contributed by atoms with Gasteiger partial charge in [0.25, 0.3) is 0 Å². The van der Waals surface area contributed by atoms with Crippen molar-refractivity contribution in [2.45, 2.75) is 65.4 Å². The second-order valence-electron chi connectivity index (χ2n) is 7.95. The Kier molecular flexibility index (Phi) is 9.44. The van der Waals surface area contributed by atoms with Crippen LogP contribution in [0, 0.1) is 13.8 Å². The highest BCUT2D eigenvalue weighted by Gasteiger charge is 2.29. The quantitative estimate of drug-likeness (QED) is 0.590. The number of hydrogen-bond donors (Lipinski definition) is 1. The summed E-state index contributed by atoms with van der Waals surface area (Å²) >= 11 is 1.60. The fraction of sp³-hybridized carbons (Fsp3) is 0.440. The fourth-order valence-electron chi connectivity index (χ4n) is 3.37. The molecule has 2 aromatic carbocycles. The lowest BCUT2D eigenvalue weighted by molar-refractivity contribution is -0.139. The zero-order valence-electron chi connectivity index (χ0n) is 18.8. The van der Waals surface area contributed by atoms with Crippen molar-refractivity contribution < 1.29 is 9.59 Å². The van der Waals surface area contributed by atoms with Gasteiger partial charge in [-0.1, -0.05) is 55.5 Å². The van der Waals surface area contributed by atoms with E-state index < -0.39 is 6.04 Å². The normalized spacial score (nSPS) is 11.9. The molecule has 0 spiro atoms. The summed E-state index contributed by atoms with van der Waals surface area (Å²) in [4.78, 5) is 27.8. The van der Waals surface area contributed by atoms with Crippen LogP contribution in [0.15, 0.2) is 48.5 Å². The first-order valence-electron chi connectivity index (χ1n) is 10.6. The molecular formula is C25H34N2O2S. The molecule has 1 atom stereocenters. The average Bonchev–Trinajstić information content (AvgIpc) is 2.70. The average molecular weight is 427 g/mol. The van der Waals surface area contributed by atoms with Crippen molar-refractivity contribution in [1.29, 1.82) is 0 Å². The molecule has 1 unspecified atom stereocenters. The number of carbonyl (C=O) groups excluding carboxylic acids is 2. The minimum absolute atomic E-state index is 0.00240. The first-order valence-corrected chi connectivity index (χ1v) is 11.8. The summed E-state index contributed by atoms with van der Waals surface area (Å²) in [7, 11) is 0. The number of carbonyl (C=O) groups is 2. The molecule has 0 aliphatic heterocycles. The maximum atomic E-state index is 13.2. The lowest BCUT2D eigenvalue weighted by Crippen LogP contribution is -2.51. The Morgan fingerprint density at radius 2 is 1.53 bits per heavy atom. The number of nitrogens with zero attached hydrogens (tertiary/aromatic N) is 1. The number of rotatable bonds is 10. The standard InChI is InChI=1S/C25H34N2O2S/c1-6-23(25(29)26-18(2)3)27(15-21-13-9-7-11-19(21)4)24(28)17-30-16-22-14-10-8-12-20(22)5/h7-14,18,23H,6,15-17H2,1-5H3,(H,26,29). The molecule has 2 amide bonds. The van der Waals surface area contributed by atoms with Crippen molar-refractivity contribution in [2.24, 2.45) is 0 Å². The highest BCUT2D eigenvalue weighted by atomic mass is 32.2. The Balaban J connectivity index is 2.16. The number of hydrogen-bond acceptors (Lipinski definition) is 3. The molecule has 0 aliphatic carbocycles. The predicted octanol–water partition coefficient (Wildman–Crippen LogP) is 4.87. The minimum Gasteiger partial charge on any atom is -0.352 e. The SMILES string of the molecule is CCC(C(=O)NC(C)C)N(Cc1ccccc1C)C(=O)CSCc1ccccc1C. The molecule has 4 nitrogen and oxygen atoms in total. The van der Waals surface area contributed by atoms with Crippen molar-refractivity contribution in [3.05, 3.63) is 70.8 Å². The summed E-state index contributed by atoms with van der Waals surface area (Å²) < 4.78 is 0. The fourth-order valence-corrected chi connectivity index (χ4v) is 4.36. The van der Waals surface area contributed by atoms with Gasteiger partial charge in [0.05, 0.1) is 5.75 Å². The van der Waals surface area contributed by atoms with E-state index in [0.717, 1.165) is 16.9 Å². The molecule has 0 radical (unpaired) electrons. The van der Waals surface area contributed by atoms with Gasteiger partial charge in [-0.25, -0.2) is 0 Å². The van der Waals surface area contributed by atoms with Gasteiger partial charge in [0.2, 0.25) is 11.8 Å². The summed E-state index contributed by atoms with van der Waals surface area (Å²) in [5.41, 5.74) is 4.68. The molecule has 0 saturated heterocycles. The molecular weight excluding hydrogens is 392 g/mol. The van der Waals surface area contributed by atoms with Crippen LogP contribution < -0.4 is 5.32 Å². The van der Waals surface area contributed by atoms with Gasteiger partial charge < -0.3 is 10.2 Å². The first kappa shape index (κ1) is 24.0. The van der Waals surface area contributed by atoms with E-state index >= 15 is 0 Å². The smallest absolute Gasteiger partial charge is 0.243 e. The summed E-state index contributed by atoms with van der Waals surface area (Å²) in [6, 6.07) is 15.9. The molecule has 5 heteroatoms. The van der Waals surface area contributed by atoms with E-state index in [1.807, 2.05) is 64.1 Å². The zero-order chi connectivity index (χ0) is 22.1. The van der Waals surface area contributed by atoms with Crippen LogP contribution in [-0.4, -0.2) is 34.6 Å². The monoisotopic (exact) mass is 426 g/mol. The second-order valence-corrected chi connectivity index (χ2v) is 8.94. The van der Waals surface area contributed by atoms with Gasteiger partial charge in [0.1, 0.15) is 6.04 Å². The molecule has 30 heavy (non-hydrogen) atoms. The second kappa shape index (κ2) is 11.8. The van der Waals surface area contributed by atoms with Crippen LogP contribution in [-0.2, 0) is 21.9 Å². The van der Waals surface area contributed by atoms with Gasteiger partial charge in [0.15, 0.2) is 0 Å². The van der Waals surface area contributed by atoms with Crippen LogP contribution in [0.25, 0.3) is 0 Å². The Bertz CT molecular complexity index is 851. The van der Waals surface area contributed by atoms with Crippen LogP contribution in [0.3, 0.4) is 0 Å². The van der Waals surface area contributed by atoms with Crippen molar-refractivity contribution >= 4 is 23.6 Å². The Labute approximate surface area is 185 Å². The van der Waals surface area contributed by atoms with Crippen LogP contribution in [0.2, 0.25) is 0 Å². The lowest BCUT2D eigenvalue weighted by Gasteiger charge is -2.31. The van der Waals surface area contributed by atoms with Crippen LogP contribution in [0.1, 0.15) is 49.4 Å². The number of amides is 2. The predicted molar refractivity (Wildman–Crippen MR) is 126 cm³/mol. The number of nitrogens with one attached hydrogen (secondary N) is 1. The van der Waals surface area contributed by atoms with Gasteiger partial charge >= 0.3 is 0 Å². The van der Waals surface area contributed by atoms with E-state index in [1.54, 1.807) is 16.7 Å². The van der Waals surface area contributed by atoms with Gasteiger partial charge in [-0.15, -0.1) is 11.8 Å². The van der Waals surface area contributed by atoms with Crippen LogP contribution >= 0.6 is 11.8 Å². The summed E-state index contributed by atoms with van der Waals surface area (Å²) in [6.07, 6.45) is 0.582. The first-order chi connectivity index (χ1) is 14.3. The van der Waals surface area contributed by atoms with Crippen molar-refractivity contribution in [3.63, 3.8) is 0 Å². The Morgan fingerprint density at radius 3 is 2.07 bits per heavy atom.